The Bertz CT molecular complexity index is 654. The van der Waals surface area contributed by atoms with Gasteiger partial charge in [0.2, 0.25) is 0 Å². The van der Waals surface area contributed by atoms with Crippen molar-refractivity contribution in [3.05, 3.63) is 76.7 Å². The van der Waals surface area contributed by atoms with Crippen molar-refractivity contribution in [2.45, 2.75) is 19.1 Å². The fourth-order valence-corrected chi connectivity index (χ4v) is 2.81. The van der Waals surface area contributed by atoms with Gasteiger partial charge < -0.3 is 15.6 Å². The van der Waals surface area contributed by atoms with Crippen LogP contribution in [0.25, 0.3) is 5.43 Å². The Labute approximate surface area is 142 Å². The summed E-state index contributed by atoms with van der Waals surface area (Å²) in [6.45, 7) is 3.04. The molecule has 4 nitrogen and oxygen atoms in total. The minimum Gasteiger partial charge on any atom is -0.381 e. The van der Waals surface area contributed by atoms with E-state index < -0.39 is 0 Å². The van der Waals surface area contributed by atoms with Crippen molar-refractivity contribution >= 4 is 18.5 Å². The van der Waals surface area contributed by atoms with Gasteiger partial charge in [-0.2, -0.15) is 12.6 Å². The van der Waals surface area contributed by atoms with E-state index in [4.69, 9.17) is 0 Å². The highest BCUT2D eigenvalue weighted by Crippen LogP contribution is 2.16. The van der Waals surface area contributed by atoms with Crippen LogP contribution in [0, 0.1) is 5.92 Å². The molecule has 5 heteroatoms. The average molecular weight is 325 g/mol. The fourth-order valence-electron chi connectivity index (χ4n) is 2.60. The lowest BCUT2D eigenvalue weighted by atomic mass is 10.0. The van der Waals surface area contributed by atoms with Crippen LogP contribution in [0.15, 0.2) is 59.7 Å². The molecule has 0 bridgehead atoms. The van der Waals surface area contributed by atoms with Crippen LogP contribution in [0.3, 0.4) is 0 Å². The molecule has 1 unspecified atom stereocenters. The number of nitrogens with one attached hydrogen (secondary N) is 1. The van der Waals surface area contributed by atoms with Crippen molar-refractivity contribution in [1.82, 2.24) is 10.7 Å². The van der Waals surface area contributed by atoms with Gasteiger partial charge in [-0.25, -0.2) is 5.53 Å². The molecule has 3 rings (SSSR count). The van der Waals surface area contributed by atoms with E-state index in [0.717, 1.165) is 30.1 Å². The first kappa shape index (κ1) is 15.9. The highest BCUT2D eigenvalue weighted by atomic mass is 32.1. The molecule has 0 spiro atoms. The lowest BCUT2D eigenvalue weighted by molar-refractivity contribution is 0.209. The van der Waals surface area contributed by atoms with Crippen LogP contribution in [0.2, 0.25) is 0 Å². The molecule has 23 heavy (non-hydrogen) atoms. The quantitative estimate of drug-likeness (QED) is 0.794. The normalized spacial score (nSPS) is 15.2. The second-order valence-corrected chi connectivity index (χ2v) is 6.18. The number of hydrogen-bond acceptors (Lipinski definition) is 4. The van der Waals surface area contributed by atoms with E-state index in [1.165, 1.54) is 11.1 Å². The monoisotopic (exact) mass is 325 g/mol. The van der Waals surface area contributed by atoms with Gasteiger partial charge in [-0.05, 0) is 34.9 Å². The third-order valence-electron chi connectivity index (χ3n) is 3.79. The van der Waals surface area contributed by atoms with E-state index in [9.17, 15) is 0 Å². The van der Waals surface area contributed by atoms with Crippen LogP contribution < -0.4 is 5.53 Å². The number of nitrogens with zero attached hydrogens (tertiary/aromatic N) is 3. The van der Waals surface area contributed by atoms with E-state index in [1.54, 1.807) is 0 Å². The molecule has 1 aliphatic rings. The van der Waals surface area contributed by atoms with Crippen LogP contribution in [-0.2, 0) is 12.2 Å². The molecular formula is C18H21N4S-. The molecule has 2 aromatic carbocycles. The molecule has 0 fully saturated rings. The topological polar surface area (TPSA) is 41.7 Å². The van der Waals surface area contributed by atoms with Crippen LogP contribution >= 0.6 is 12.6 Å². The van der Waals surface area contributed by atoms with Gasteiger partial charge >= 0.3 is 0 Å². The van der Waals surface area contributed by atoms with E-state index in [2.05, 4.69) is 72.0 Å². The van der Waals surface area contributed by atoms with Gasteiger partial charge in [-0.1, -0.05) is 61.5 Å². The second-order valence-electron chi connectivity index (χ2n) is 5.87. The Morgan fingerprint density at radius 3 is 2.52 bits per heavy atom. The summed E-state index contributed by atoms with van der Waals surface area (Å²) in [4.78, 5) is 0. The zero-order valence-corrected chi connectivity index (χ0v) is 14.1. The number of thiol groups is 1. The Morgan fingerprint density at radius 1 is 1.09 bits per heavy atom. The number of hydrazone groups is 1. The van der Waals surface area contributed by atoms with Gasteiger partial charge in [0, 0.05) is 12.3 Å². The SMILES string of the molecule is CC(Cc1ccccc1)CN1N=C(c2ccc(CS)cc2)[N-]N1. The minimum absolute atomic E-state index is 0.481. The van der Waals surface area contributed by atoms with E-state index in [-0.39, 0.29) is 0 Å². The predicted molar refractivity (Wildman–Crippen MR) is 98.2 cm³/mol. The first-order chi connectivity index (χ1) is 11.2. The zero-order valence-electron chi connectivity index (χ0n) is 13.2. The smallest absolute Gasteiger partial charge is 0.0359 e. The second kappa shape index (κ2) is 7.53. The Morgan fingerprint density at radius 2 is 1.83 bits per heavy atom. The highest BCUT2D eigenvalue weighted by Gasteiger charge is 2.10. The summed E-state index contributed by atoms with van der Waals surface area (Å²) in [5.41, 5.74) is 10.9. The molecule has 0 amide bonds. The minimum atomic E-state index is 0.481. The van der Waals surface area contributed by atoms with Crippen molar-refractivity contribution in [2.75, 3.05) is 6.54 Å². The molecule has 0 saturated carbocycles. The largest absolute Gasteiger partial charge is 0.381 e. The maximum atomic E-state index is 4.55. The van der Waals surface area contributed by atoms with E-state index >= 15 is 0 Å². The van der Waals surface area contributed by atoms with Crippen molar-refractivity contribution in [2.24, 2.45) is 11.0 Å². The van der Waals surface area contributed by atoms with Crippen LogP contribution in [0.5, 0.6) is 0 Å². The van der Waals surface area contributed by atoms with E-state index in [0.29, 0.717) is 5.92 Å². The average Bonchev–Trinajstić information content (AvgIpc) is 3.04. The zero-order chi connectivity index (χ0) is 16.1. The number of hydrazine groups is 1. The Kier molecular flexibility index (Phi) is 5.20. The molecule has 1 N–H and O–H groups in total. The molecule has 1 heterocycles. The number of hydrogen-bond donors (Lipinski definition) is 2. The van der Waals surface area contributed by atoms with E-state index in [1.807, 2.05) is 23.3 Å². The van der Waals surface area contributed by atoms with Crippen LogP contribution in [0.1, 0.15) is 23.6 Å². The summed E-state index contributed by atoms with van der Waals surface area (Å²) in [5, 5.41) is 6.36. The van der Waals surface area contributed by atoms with Gasteiger partial charge in [0.1, 0.15) is 0 Å². The summed E-state index contributed by atoms with van der Waals surface area (Å²) >= 11 is 4.27. The number of rotatable bonds is 6. The maximum absolute atomic E-state index is 4.55. The maximum Gasteiger partial charge on any atom is 0.0359 e. The summed E-state index contributed by atoms with van der Waals surface area (Å²) in [6.07, 6.45) is 1.03. The molecule has 0 aromatic heterocycles. The predicted octanol–water partition coefficient (Wildman–Crippen LogP) is 3.77. The molecule has 0 saturated heterocycles. The summed E-state index contributed by atoms with van der Waals surface area (Å²) in [7, 11) is 0. The van der Waals surface area contributed by atoms with Crippen LogP contribution in [0.4, 0.5) is 0 Å². The summed E-state index contributed by atoms with van der Waals surface area (Å²) < 4.78 is 0. The fraction of sp³-hybridized carbons (Fsp3) is 0.278. The van der Waals surface area contributed by atoms with Crippen molar-refractivity contribution < 1.29 is 0 Å². The molecule has 1 aliphatic heterocycles. The summed E-state index contributed by atoms with van der Waals surface area (Å²) in [6, 6.07) is 18.7. The van der Waals surface area contributed by atoms with Crippen molar-refractivity contribution in [3.8, 4) is 0 Å². The third kappa shape index (κ3) is 4.27. The van der Waals surface area contributed by atoms with Crippen molar-refractivity contribution in [1.29, 1.82) is 0 Å². The molecule has 0 aliphatic carbocycles. The van der Waals surface area contributed by atoms with Gasteiger partial charge in [0.25, 0.3) is 0 Å². The molecule has 0 radical (unpaired) electrons. The van der Waals surface area contributed by atoms with Crippen molar-refractivity contribution in [3.63, 3.8) is 0 Å². The molecular weight excluding hydrogens is 304 g/mol. The first-order valence-corrected chi connectivity index (χ1v) is 8.44. The van der Waals surface area contributed by atoms with Gasteiger partial charge in [0.15, 0.2) is 0 Å². The standard InChI is InChI=1S/C18H21N4S/c1-14(11-15-5-3-2-4-6-15)12-22-20-18(19-21-22)17-9-7-16(13-23)8-10-17/h2-10,14,21H,11-13H2,1H3,(H-,19,20,23)/q-1. The number of benzene rings is 2. The Balaban J connectivity index is 1.58. The third-order valence-corrected chi connectivity index (χ3v) is 4.16. The first-order valence-electron chi connectivity index (χ1n) is 7.81. The molecule has 120 valence electrons. The summed E-state index contributed by atoms with van der Waals surface area (Å²) in [5.74, 6) is 1.95. The molecule has 2 aromatic rings. The van der Waals surface area contributed by atoms with Gasteiger partial charge in [0.05, 0.1) is 0 Å². The number of amidine groups is 1. The lowest BCUT2D eigenvalue weighted by Crippen LogP contribution is -2.30. The van der Waals surface area contributed by atoms with Gasteiger partial charge in [-0.15, -0.1) is 0 Å². The van der Waals surface area contributed by atoms with Crippen LogP contribution in [-0.4, -0.2) is 17.5 Å². The van der Waals surface area contributed by atoms with Gasteiger partial charge in [-0.3, -0.25) is 0 Å². The Hall–Kier alpha value is -1.98. The lowest BCUT2D eigenvalue weighted by Gasteiger charge is -2.24. The highest BCUT2D eigenvalue weighted by molar-refractivity contribution is 7.79. The molecule has 1 atom stereocenters.